The van der Waals surface area contributed by atoms with Crippen LogP contribution in [0.4, 0.5) is 5.69 Å². The lowest BCUT2D eigenvalue weighted by Crippen LogP contribution is -2.39. The molecule has 0 unspecified atom stereocenters. The highest BCUT2D eigenvalue weighted by atomic mass is 32.2. The molecule has 10 heteroatoms. The zero-order valence-electron chi connectivity index (χ0n) is 21.8. The van der Waals surface area contributed by atoms with E-state index in [-0.39, 0.29) is 0 Å². The Hall–Kier alpha value is -2.50. The van der Waals surface area contributed by atoms with Crippen molar-refractivity contribution in [2.75, 3.05) is 52.5 Å². The van der Waals surface area contributed by atoms with Crippen molar-refractivity contribution in [1.29, 1.82) is 0 Å². The van der Waals surface area contributed by atoms with Crippen LogP contribution < -0.4 is 9.54 Å². The van der Waals surface area contributed by atoms with Gasteiger partial charge in [0.1, 0.15) is 5.75 Å². The fraction of sp³-hybridized carbons (Fsp3) is 0.444. The van der Waals surface area contributed by atoms with Crippen LogP contribution in [-0.2, 0) is 21.3 Å². The van der Waals surface area contributed by atoms with Gasteiger partial charge in [0.05, 0.1) is 36.1 Å². The molecule has 0 N–H and O–H groups in total. The van der Waals surface area contributed by atoms with Gasteiger partial charge in [-0.1, -0.05) is 26.0 Å². The van der Waals surface area contributed by atoms with Crippen LogP contribution in [0.2, 0.25) is 0 Å². The Morgan fingerprint density at radius 2 is 1.65 bits per heavy atom. The topological polar surface area (TPSA) is 76.4 Å². The van der Waals surface area contributed by atoms with Gasteiger partial charge in [0, 0.05) is 44.6 Å². The van der Waals surface area contributed by atoms with E-state index >= 15 is 0 Å². The van der Waals surface area contributed by atoms with E-state index in [9.17, 15) is 8.42 Å². The van der Waals surface area contributed by atoms with Crippen LogP contribution >= 0.6 is 11.3 Å². The van der Waals surface area contributed by atoms with E-state index < -0.39 is 10.0 Å². The number of morpholine rings is 1. The minimum Gasteiger partial charge on any atom is -0.494 e. The van der Waals surface area contributed by atoms with Crippen molar-refractivity contribution >= 4 is 27.0 Å². The summed E-state index contributed by atoms with van der Waals surface area (Å²) >= 11 is 1.58. The molecule has 3 aromatic rings. The minimum absolute atomic E-state index is 0.314. The molecular formula is C27H36N4O4S2. The first kappa shape index (κ1) is 27.5. The van der Waals surface area contributed by atoms with E-state index in [0.29, 0.717) is 24.6 Å². The first-order valence-corrected chi connectivity index (χ1v) is 15.1. The molecule has 1 aromatic heterocycles. The van der Waals surface area contributed by atoms with Crippen molar-refractivity contribution in [3.8, 4) is 17.0 Å². The molecule has 0 aliphatic carbocycles. The first-order chi connectivity index (χ1) is 18.0. The molecule has 1 aliphatic rings. The van der Waals surface area contributed by atoms with Gasteiger partial charge in [-0.25, -0.2) is 13.4 Å². The van der Waals surface area contributed by atoms with Crippen LogP contribution in [0.3, 0.4) is 0 Å². The van der Waals surface area contributed by atoms with Gasteiger partial charge in [-0.05, 0) is 48.9 Å². The van der Waals surface area contributed by atoms with Crippen LogP contribution in [0.15, 0.2) is 63.8 Å². The number of nitrogens with zero attached hydrogens (tertiary/aromatic N) is 4. The maximum absolute atomic E-state index is 12.9. The SMILES string of the molecule is CCOc1ccc(N=c2scc(-c3ccc(S(=O)(=O)N(CC)CC)cc3)n2CCN2CCOCC2)cc1. The standard InChI is InChI=1S/C27H36N4O4S2/c1-4-30(5-2)37(32,33)25-13-7-22(8-14-25)26-21-36-27(28-23-9-11-24(12-10-23)35-6-3)31(26)16-15-29-17-19-34-20-18-29/h7-14,21H,4-6,15-20H2,1-3H3. The molecule has 200 valence electrons. The third-order valence-corrected chi connectivity index (χ3v) is 9.33. The molecule has 0 bridgehead atoms. The molecule has 0 atom stereocenters. The van der Waals surface area contributed by atoms with Crippen LogP contribution in [0.1, 0.15) is 20.8 Å². The van der Waals surface area contributed by atoms with E-state index in [1.165, 1.54) is 4.31 Å². The van der Waals surface area contributed by atoms with Crippen LogP contribution in [-0.4, -0.2) is 74.7 Å². The number of aromatic nitrogens is 1. The fourth-order valence-electron chi connectivity index (χ4n) is 4.34. The number of sulfonamides is 1. The van der Waals surface area contributed by atoms with E-state index in [1.54, 1.807) is 23.5 Å². The molecule has 0 saturated carbocycles. The Kier molecular flexibility index (Phi) is 9.55. The number of thiazole rings is 1. The summed E-state index contributed by atoms with van der Waals surface area (Å²) in [7, 11) is -3.50. The summed E-state index contributed by atoms with van der Waals surface area (Å²) in [6.07, 6.45) is 0. The summed E-state index contributed by atoms with van der Waals surface area (Å²) in [5.41, 5.74) is 2.84. The third kappa shape index (κ3) is 6.69. The second kappa shape index (κ2) is 12.8. The highest BCUT2D eigenvalue weighted by Gasteiger charge is 2.21. The molecular weight excluding hydrogens is 508 g/mol. The van der Waals surface area contributed by atoms with Crippen molar-refractivity contribution < 1.29 is 17.9 Å². The Labute approximate surface area is 223 Å². The molecule has 8 nitrogen and oxygen atoms in total. The van der Waals surface area contributed by atoms with E-state index in [0.717, 1.165) is 66.9 Å². The van der Waals surface area contributed by atoms with Gasteiger partial charge >= 0.3 is 0 Å². The predicted octanol–water partition coefficient (Wildman–Crippen LogP) is 4.21. The second-order valence-electron chi connectivity index (χ2n) is 8.66. The maximum Gasteiger partial charge on any atom is 0.243 e. The van der Waals surface area contributed by atoms with E-state index in [4.69, 9.17) is 14.5 Å². The molecule has 1 aliphatic heterocycles. The number of benzene rings is 2. The quantitative estimate of drug-likeness (QED) is 0.362. The summed E-state index contributed by atoms with van der Waals surface area (Å²) < 4.78 is 40.6. The van der Waals surface area contributed by atoms with Gasteiger partial charge in [0.2, 0.25) is 10.0 Å². The average molecular weight is 545 g/mol. The van der Waals surface area contributed by atoms with Gasteiger partial charge < -0.3 is 14.0 Å². The molecule has 1 saturated heterocycles. The van der Waals surface area contributed by atoms with Crippen molar-refractivity contribution in [2.24, 2.45) is 4.99 Å². The lowest BCUT2D eigenvalue weighted by atomic mass is 10.2. The van der Waals surface area contributed by atoms with Gasteiger partial charge in [0.25, 0.3) is 0 Å². The first-order valence-electron chi connectivity index (χ1n) is 12.8. The molecule has 4 rings (SSSR count). The van der Waals surface area contributed by atoms with Crippen LogP contribution in [0.5, 0.6) is 5.75 Å². The summed E-state index contributed by atoms with van der Waals surface area (Å²) in [5, 5.41) is 2.10. The van der Waals surface area contributed by atoms with Crippen molar-refractivity contribution in [2.45, 2.75) is 32.2 Å². The molecule has 2 aromatic carbocycles. The lowest BCUT2D eigenvalue weighted by molar-refractivity contribution is 0.0363. The van der Waals surface area contributed by atoms with Gasteiger partial charge in [0.15, 0.2) is 4.80 Å². The highest BCUT2D eigenvalue weighted by Crippen LogP contribution is 2.25. The van der Waals surface area contributed by atoms with Gasteiger partial charge in [-0.3, -0.25) is 4.90 Å². The zero-order chi connectivity index (χ0) is 26.3. The number of ether oxygens (including phenoxy) is 2. The third-order valence-electron chi connectivity index (χ3n) is 6.41. The van der Waals surface area contributed by atoms with E-state index in [1.807, 2.05) is 57.2 Å². The zero-order valence-corrected chi connectivity index (χ0v) is 23.4. The molecule has 2 heterocycles. The molecule has 37 heavy (non-hydrogen) atoms. The summed E-state index contributed by atoms with van der Waals surface area (Å²) in [6, 6.07) is 15.0. The summed E-state index contributed by atoms with van der Waals surface area (Å²) in [6.45, 7) is 12.2. The molecule has 0 amide bonds. The van der Waals surface area contributed by atoms with Crippen LogP contribution in [0.25, 0.3) is 11.3 Å². The molecule has 0 radical (unpaired) electrons. The van der Waals surface area contributed by atoms with Crippen molar-refractivity contribution in [3.63, 3.8) is 0 Å². The molecule has 0 spiro atoms. The van der Waals surface area contributed by atoms with Crippen molar-refractivity contribution in [1.82, 2.24) is 13.8 Å². The monoisotopic (exact) mass is 544 g/mol. The number of hydrogen-bond acceptors (Lipinski definition) is 7. The Morgan fingerprint density at radius 3 is 2.27 bits per heavy atom. The Morgan fingerprint density at radius 1 is 0.973 bits per heavy atom. The van der Waals surface area contributed by atoms with Crippen molar-refractivity contribution in [3.05, 3.63) is 58.7 Å². The Bertz CT molecular complexity index is 1310. The predicted molar refractivity (Wildman–Crippen MR) is 148 cm³/mol. The highest BCUT2D eigenvalue weighted by molar-refractivity contribution is 7.89. The second-order valence-corrected chi connectivity index (χ2v) is 11.4. The normalized spacial score (nSPS) is 15.4. The Balaban J connectivity index is 1.67. The summed E-state index contributed by atoms with van der Waals surface area (Å²) in [5.74, 6) is 0.827. The number of rotatable bonds is 11. The van der Waals surface area contributed by atoms with Gasteiger partial charge in [-0.15, -0.1) is 11.3 Å². The fourth-order valence-corrected chi connectivity index (χ4v) is 6.75. The van der Waals surface area contributed by atoms with E-state index in [2.05, 4.69) is 14.8 Å². The molecule has 1 fully saturated rings. The average Bonchev–Trinajstić information content (AvgIpc) is 3.32. The smallest absolute Gasteiger partial charge is 0.243 e. The largest absolute Gasteiger partial charge is 0.494 e. The summed E-state index contributed by atoms with van der Waals surface area (Å²) in [4.78, 5) is 8.55. The van der Waals surface area contributed by atoms with Gasteiger partial charge in [-0.2, -0.15) is 4.31 Å². The minimum atomic E-state index is -3.50. The van der Waals surface area contributed by atoms with Crippen LogP contribution in [0, 0.1) is 0 Å². The lowest BCUT2D eigenvalue weighted by Gasteiger charge is -2.26. The number of hydrogen-bond donors (Lipinski definition) is 0. The maximum atomic E-state index is 12.9.